The highest BCUT2D eigenvalue weighted by Crippen LogP contribution is 2.13. The summed E-state index contributed by atoms with van der Waals surface area (Å²) in [5.41, 5.74) is 1.50. The van der Waals surface area contributed by atoms with E-state index >= 15 is 0 Å². The van der Waals surface area contributed by atoms with Crippen LogP contribution in [0.5, 0.6) is 5.75 Å². The lowest BCUT2D eigenvalue weighted by molar-refractivity contribution is 0.0948. The van der Waals surface area contributed by atoms with Crippen molar-refractivity contribution in [1.82, 2.24) is 9.80 Å². The van der Waals surface area contributed by atoms with Gasteiger partial charge in [-0.05, 0) is 31.2 Å². The highest BCUT2D eigenvalue weighted by molar-refractivity contribution is 7.85. The molecule has 1 heterocycles. The van der Waals surface area contributed by atoms with E-state index in [2.05, 4.69) is 0 Å². The molecule has 7 nitrogen and oxygen atoms in total. The maximum absolute atomic E-state index is 11.9. The molecule has 2 aromatic rings. The molecule has 0 saturated carbocycles. The molecule has 1 aliphatic heterocycles. The van der Waals surface area contributed by atoms with Crippen molar-refractivity contribution in [2.75, 3.05) is 20.3 Å². The molecule has 0 unspecified atom stereocenters. The van der Waals surface area contributed by atoms with Crippen LogP contribution in [0.1, 0.15) is 15.9 Å². The Morgan fingerprint density at radius 1 is 1.11 bits per heavy atom. The van der Waals surface area contributed by atoms with Crippen LogP contribution in [-0.4, -0.2) is 53.9 Å². The average Bonchev–Trinajstić information content (AvgIpc) is 3.00. The molecule has 1 aliphatic rings. The van der Waals surface area contributed by atoms with E-state index in [9.17, 15) is 18.3 Å². The molecular weight excluding hydrogens is 368 g/mol. The molecule has 2 N–H and O–H groups in total. The van der Waals surface area contributed by atoms with Crippen molar-refractivity contribution in [1.29, 1.82) is 0 Å². The van der Waals surface area contributed by atoms with Crippen LogP contribution in [0.3, 0.4) is 0 Å². The largest absolute Gasteiger partial charge is 0.508 e. The van der Waals surface area contributed by atoms with E-state index in [1.165, 1.54) is 18.2 Å². The minimum Gasteiger partial charge on any atom is -0.508 e. The molecule has 2 aromatic carbocycles. The summed E-state index contributed by atoms with van der Waals surface area (Å²) in [5, 5.41) is 9.28. The first kappa shape index (κ1) is 20.5. The molecular formula is C19H22N2O5S. The third-order valence-corrected chi connectivity index (χ3v) is 4.64. The molecule has 0 spiro atoms. The fraction of sp³-hybridized carbons (Fsp3) is 0.211. The number of ketones is 1. The van der Waals surface area contributed by atoms with Crippen molar-refractivity contribution in [3.05, 3.63) is 72.1 Å². The van der Waals surface area contributed by atoms with Gasteiger partial charge in [0.1, 0.15) is 5.75 Å². The average molecular weight is 390 g/mol. The molecule has 0 atom stereocenters. The second kappa shape index (κ2) is 8.70. The minimum atomic E-state index is -4.02. The van der Waals surface area contributed by atoms with Crippen molar-refractivity contribution in [2.24, 2.45) is 0 Å². The van der Waals surface area contributed by atoms with Crippen LogP contribution < -0.4 is 0 Å². The Labute approximate surface area is 158 Å². The number of aromatic hydroxyl groups is 1. The normalized spacial score (nSPS) is 13.3. The van der Waals surface area contributed by atoms with Crippen molar-refractivity contribution in [2.45, 2.75) is 11.8 Å². The number of aryl methyl sites for hydroxylation is 1. The quantitative estimate of drug-likeness (QED) is 0.611. The van der Waals surface area contributed by atoms with Gasteiger partial charge in [-0.2, -0.15) is 8.42 Å². The zero-order valence-electron chi connectivity index (χ0n) is 15.1. The third-order valence-electron chi connectivity index (χ3n) is 3.77. The molecule has 0 aliphatic carbocycles. The Hall–Kier alpha value is -2.84. The van der Waals surface area contributed by atoms with Gasteiger partial charge in [0.2, 0.25) is 0 Å². The summed E-state index contributed by atoms with van der Waals surface area (Å²) in [4.78, 5) is 15.7. The zero-order chi connectivity index (χ0) is 20.0. The van der Waals surface area contributed by atoms with Crippen LogP contribution >= 0.6 is 0 Å². The first-order chi connectivity index (χ1) is 12.6. The predicted molar refractivity (Wildman–Crippen MR) is 102 cm³/mol. The SMILES string of the molecule is CN1C=CN(CC(=O)c2cccc(O)c2)C1.Cc1ccc(S(=O)(=O)O)cc1. The summed E-state index contributed by atoms with van der Waals surface area (Å²) in [6.07, 6.45) is 3.82. The number of carbonyl (C=O) groups is 1. The summed E-state index contributed by atoms with van der Waals surface area (Å²) in [5.74, 6) is 0.135. The summed E-state index contributed by atoms with van der Waals surface area (Å²) in [6, 6.07) is 12.4. The van der Waals surface area contributed by atoms with Gasteiger partial charge in [0, 0.05) is 25.0 Å². The van der Waals surface area contributed by atoms with Gasteiger partial charge in [0.05, 0.1) is 18.1 Å². The van der Waals surface area contributed by atoms with Gasteiger partial charge in [-0.25, -0.2) is 0 Å². The topological polar surface area (TPSA) is 98.2 Å². The zero-order valence-corrected chi connectivity index (χ0v) is 15.9. The lowest BCUT2D eigenvalue weighted by Gasteiger charge is -2.17. The van der Waals surface area contributed by atoms with Crippen LogP contribution in [0.4, 0.5) is 0 Å². The second-order valence-electron chi connectivity index (χ2n) is 6.21. The number of nitrogens with zero attached hydrogens (tertiary/aromatic N) is 2. The molecule has 0 bridgehead atoms. The number of Topliss-reactive ketones (excluding diaryl/α,β-unsaturated/α-hetero) is 1. The fourth-order valence-corrected chi connectivity index (χ4v) is 2.84. The van der Waals surface area contributed by atoms with E-state index in [1.54, 1.807) is 30.3 Å². The number of carbonyl (C=O) groups excluding carboxylic acids is 1. The summed E-state index contributed by atoms with van der Waals surface area (Å²) in [7, 11) is -2.07. The van der Waals surface area contributed by atoms with E-state index in [-0.39, 0.29) is 16.4 Å². The maximum Gasteiger partial charge on any atom is 0.294 e. The number of phenols is 1. The Kier molecular flexibility index (Phi) is 6.59. The molecule has 8 heteroatoms. The molecule has 3 rings (SSSR count). The van der Waals surface area contributed by atoms with E-state index in [1.807, 2.05) is 36.2 Å². The van der Waals surface area contributed by atoms with Gasteiger partial charge in [0.25, 0.3) is 10.1 Å². The second-order valence-corrected chi connectivity index (χ2v) is 7.63. The molecule has 27 heavy (non-hydrogen) atoms. The third kappa shape index (κ3) is 6.43. The van der Waals surface area contributed by atoms with Gasteiger partial charge in [0.15, 0.2) is 5.78 Å². The first-order valence-corrected chi connectivity index (χ1v) is 9.58. The summed E-state index contributed by atoms with van der Waals surface area (Å²) in [6.45, 7) is 2.91. The number of rotatable bonds is 4. The highest BCUT2D eigenvalue weighted by atomic mass is 32.2. The summed E-state index contributed by atoms with van der Waals surface area (Å²) < 4.78 is 29.6. The van der Waals surface area contributed by atoms with Crippen molar-refractivity contribution in [3.8, 4) is 5.75 Å². The molecule has 0 radical (unpaired) electrons. The van der Waals surface area contributed by atoms with E-state index < -0.39 is 10.1 Å². The van der Waals surface area contributed by atoms with E-state index in [4.69, 9.17) is 4.55 Å². The van der Waals surface area contributed by atoms with Gasteiger partial charge >= 0.3 is 0 Å². The van der Waals surface area contributed by atoms with E-state index in [0.29, 0.717) is 12.1 Å². The number of hydrogen-bond acceptors (Lipinski definition) is 6. The first-order valence-electron chi connectivity index (χ1n) is 8.14. The Morgan fingerprint density at radius 2 is 1.78 bits per heavy atom. The van der Waals surface area contributed by atoms with Crippen molar-refractivity contribution >= 4 is 15.9 Å². The lowest BCUT2D eigenvalue weighted by atomic mass is 10.1. The van der Waals surface area contributed by atoms with Crippen LogP contribution in [0.2, 0.25) is 0 Å². The Balaban J connectivity index is 0.000000208. The van der Waals surface area contributed by atoms with Crippen LogP contribution in [0.25, 0.3) is 0 Å². The Morgan fingerprint density at radius 3 is 2.30 bits per heavy atom. The van der Waals surface area contributed by atoms with E-state index in [0.717, 1.165) is 12.2 Å². The van der Waals surface area contributed by atoms with Crippen molar-refractivity contribution < 1.29 is 22.9 Å². The van der Waals surface area contributed by atoms with Crippen LogP contribution in [-0.2, 0) is 10.1 Å². The van der Waals surface area contributed by atoms with Gasteiger partial charge in [-0.3, -0.25) is 9.35 Å². The Bertz CT molecular complexity index is 923. The van der Waals surface area contributed by atoms with Crippen molar-refractivity contribution in [3.63, 3.8) is 0 Å². The smallest absolute Gasteiger partial charge is 0.294 e. The van der Waals surface area contributed by atoms with Gasteiger partial charge in [-0.1, -0.05) is 29.8 Å². The molecule has 0 fully saturated rings. The number of hydrogen-bond donors (Lipinski definition) is 2. The molecule has 0 aromatic heterocycles. The monoisotopic (exact) mass is 390 g/mol. The predicted octanol–water partition coefficient (Wildman–Crippen LogP) is 2.49. The molecule has 0 amide bonds. The molecule has 0 saturated heterocycles. The maximum atomic E-state index is 11.9. The van der Waals surface area contributed by atoms with Crippen LogP contribution in [0, 0.1) is 6.92 Å². The van der Waals surface area contributed by atoms with Gasteiger partial charge < -0.3 is 14.9 Å². The van der Waals surface area contributed by atoms with Gasteiger partial charge in [-0.15, -0.1) is 0 Å². The number of benzene rings is 2. The highest BCUT2D eigenvalue weighted by Gasteiger charge is 2.14. The molecule has 144 valence electrons. The summed E-state index contributed by atoms with van der Waals surface area (Å²) >= 11 is 0. The standard InChI is InChI=1S/C12H14N2O2.C7H8O3S/c1-13-5-6-14(9-13)8-12(16)10-3-2-4-11(15)7-10;1-6-2-4-7(5-3-6)11(8,9)10/h2-7,15H,8-9H2,1H3;2-5H,1H3,(H,8,9,10). The fourth-order valence-electron chi connectivity index (χ4n) is 2.36. The minimum absolute atomic E-state index is 0.0100. The lowest BCUT2D eigenvalue weighted by Crippen LogP contribution is -2.27. The van der Waals surface area contributed by atoms with Crippen LogP contribution in [0.15, 0.2) is 65.8 Å². The number of phenolic OH excluding ortho intramolecular Hbond substituents is 1.